The van der Waals surface area contributed by atoms with E-state index in [1.54, 1.807) is 24.0 Å². The third-order valence-electron chi connectivity index (χ3n) is 7.17. The van der Waals surface area contributed by atoms with Crippen molar-refractivity contribution < 1.29 is 23.9 Å². The van der Waals surface area contributed by atoms with Crippen LogP contribution in [-0.2, 0) is 25.5 Å². The number of amides is 2. The third kappa shape index (κ3) is 11.8. The van der Waals surface area contributed by atoms with E-state index in [9.17, 15) is 14.4 Å². The molecule has 0 aliphatic carbocycles. The minimum atomic E-state index is -0.694. The normalized spacial score (nSPS) is 14.5. The van der Waals surface area contributed by atoms with Gasteiger partial charge in [-0.1, -0.05) is 23.7 Å². The summed E-state index contributed by atoms with van der Waals surface area (Å²) in [7, 11) is 0. The summed E-state index contributed by atoms with van der Waals surface area (Å²) >= 11 is 7.41. The summed E-state index contributed by atoms with van der Waals surface area (Å²) in [5.74, 6) is 0.297. The maximum absolute atomic E-state index is 13.2. The fourth-order valence-electron chi connectivity index (χ4n) is 4.67. The molecule has 2 aromatic carbocycles. The predicted octanol–water partition coefficient (Wildman–Crippen LogP) is 4.11. The van der Waals surface area contributed by atoms with Crippen LogP contribution in [0.25, 0.3) is 0 Å². The van der Waals surface area contributed by atoms with E-state index in [1.807, 2.05) is 43.0 Å². The van der Waals surface area contributed by atoms with Crippen molar-refractivity contribution in [3.05, 3.63) is 64.7 Å². The molecule has 1 heterocycles. The molecule has 1 aliphatic rings. The minimum absolute atomic E-state index is 0.00147. The van der Waals surface area contributed by atoms with Gasteiger partial charge < -0.3 is 25.0 Å². The van der Waals surface area contributed by atoms with E-state index in [4.69, 9.17) is 26.8 Å². The molecule has 9 nitrogen and oxygen atoms in total. The average Bonchev–Trinajstić information content (AvgIpc) is 3.01. The number of anilines is 1. The number of hydrogen-bond donors (Lipinski definition) is 1. The van der Waals surface area contributed by atoms with Gasteiger partial charge in [0, 0.05) is 55.5 Å². The van der Waals surface area contributed by atoms with Crippen molar-refractivity contribution in [3.8, 4) is 0 Å². The molecule has 1 unspecified atom stereocenters. The van der Waals surface area contributed by atoms with Crippen molar-refractivity contribution in [2.75, 3.05) is 68.9 Å². The molecule has 43 heavy (non-hydrogen) atoms. The molecule has 1 aliphatic heterocycles. The smallest absolute Gasteiger partial charge is 0.322 e. The molecule has 2 N–H and O–H groups in total. The molecule has 0 radical (unpaired) electrons. The van der Waals surface area contributed by atoms with Crippen LogP contribution in [0.1, 0.15) is 43.1 Å². The lowest BCUT2D eigenvalue weighted by Crippen LogP contribution is -2.49. The molecule has 2 aromatic rings. The topological polar surface area (TPSA) is 105 Å². The first-order valence-corrected chi connectivity index (χ1v) is 16.5. The fraction of sp³-hybridized carbons (Fsp3) is 0.531. The van der Waals surface area contributed by atoms with Gasteiger partial charge in [-0.05, 0) is 81.3 Å². The first-order chi connectivity index (χ1) is 20.7. The summed E-state index contributed by atoms with van der Waals surface area (Å²) in [6, 6.07) is 14.5. The zero-order valence-corrected chi connectivity index (χ0v) is 27.1. The van der Waals surface area contributed by atoms with Crippen LogP contribution in [0.5, 0.6) is 0 Å². The number of thioether (sulfide) groups is 1. The standard InChI is InChI=1S/C32H45ClN4O5S/c1-4-41-32(40)29(34)14-22-43-23-30(38)37(20-21-42-24(2)3)28-11-7-26(8-12-28)31(39)36-18-16-35(17-19-36)15-13-25-5-9-27(33)10-6-25/h5-12,24,29H,4,13-23,34H2,1-3H3. The maximum Gasteiger partial charge on any atom is 0.322 e. The molecule has 0 spiro atoms. The Morgan fingerprint density at radius 1 is 1.02 bits per heavy atom. The molecular formula is C32H45ClN4O5S. The monoisotopic (exact) mass is 632 g/mol. The Kier molecular flexibility index (Phi) is 14.8. The number of hydrogen-bond acceptors (Lipinski definition) is 8. The number of piperazine rings is 1. The molecule has 2 amide bonds. The Morgan fingerprint density at radius 2 is 1.70 bits per heavy atom. The lowest BCUT2D eigenvalue weighted by Gasteiger charge is -2.35. The lowest BCUT2D eigenvalue weighted by molar-refractivity contribution is -0.144. The molecule has 11 heteroatoms. The van der Waals surface area contributed by atoms with Gasteiger partial charge in [0.2, 0.25) is 5.91 Å². The maximum atomic E-state index is 13.2. The number of carbonyl (C=O) groups excluding carboxylic acids is 3. The van der Waals surface area contributed by atoms with Crippen LogP contribution in [0.4, 0.5) is 5.69 Å². The quantitative estimate of drug-likeness (QED) is 0.218. The Morgan fingerprint density at radius 3 is 2.33 bits per heavy atom. The van der Waals surface area contributed by atoms with Crippen LogP contribution in [-0.4, -0.2) is 104 Å². The highest BCUT2D eigenvalue weighted by molar-refractivity contribution is 7.99. The Bertz CT molecular complexity index is 1160. The number of halogens is 1. The molecule has 1 fully saturated rings. The van der Waals surface area contributed by atoms with E-state index in [0.29, 0.717) is 56.3 Å². The van der Waals surface area contributed by atoms with Gasteiger partial charge in [0.05, 0.1) is 25.1 Å². The van der Waals surface area contributed by atoms with E-state index < -0.39 is 12.0 Å². The summed E-state index contributed by atoms with van der Waals surface area (Å²) in [6.45, 7) is 10.7. The van der Waals surface area contributed by atoms with Crippen molar-refractivity contribution in [1.29, 1.82) is 0 Å². The zero-order valence-electron chi connectivity index (χ0n) is 25.5. The molecule has 1 saturated heterocycles. The van der Waals surface area contributed by atoms with Crippen molar-refractivity contribution in [1.82, 2.24) is 9.80 Å². The second-order valence-corrected chi connectivity index (χ2v) is 12.3. The molecule has 0 bridgehead atoms. The largest absolute Gasteiger partial charge is 0.465 e. The van der Waals surface area contributed by atoms with E-state index in [0.717, 1.165) is 31.1 Å². The van der Waals surface area contributed by atoms with Gasteiger partial charge in [0.25, 0.3) is 5.91 Å². The van der Waals surface area contributed by atoms with Crippen molar-refractivity contribution in [3.63, 3.8) is 0 Å². The predicted molar refractivity (Wildman–Crippen MR) is 174 cm³/mol. The van der Waals surface area contributed by atoms with E-state index in [1.165, 1.54) is 17.3 Å². The number of esters is 1. The third-order valence-corrected chi connectivity index (χ3v) is 8.40. The molecular weight excluding hydrogens is 588 g/mol. The van der Waals surface area contributed by atoms with Gasteiger partial charge in [0.1, 0.15) is 6.04 Å². The zero-order chi connectivity index (χ0) is 31.2. The van der Waals surface area contributed by atoms with Crippen molar-refractivity contribution in [2.45, 2.75) is 45.8 Å². The number of rotatable bonds is 16. The van der Waals surface area contributed by atoms with Gasteiger partial charge in [-0.15, -0.1) is 0 Å². The van der Waals surface area contributed by atoms with Crippen LogP contribution >= 0.6 is 23.4 Å². The first kappa shape index (κ1) is 34.9. The summed E-state index contributed by atoms with van der Waals surface area (Å²) in [4.78, 5) is 44.1. The van der Waals surface area contributed by atoms with Crippen LogP contribution in [0.2, 0.25) is 5.02 Å². The molecule has 0 aromatic heterocycles. The van der Waals surface area contributed by atoms with Gasteiger partial charge in [0.15, 0.2) is 0 Å². The van der Waals surface area contributed by atoms with Crippen LogP contribution in [0, 0.1) is 0 Å². The second kappa shape index (κ2) is 18.2. The summed E-state index contributed by atoms with van der Waals surface area (Å²) in [5, 5.41) is 0.743. The highest BCUT2D eigenvalue weighted by atomic mass is 35.5. The number of nitrogens with two attached hydrogens (primary N) is 1. The number of nitrogens with zero attached hydrogens (tertiary/aromatic N) is 3. The number of benzene rings is 2. The molecule has 3 rings (SSSR count). The molecule has 236 valence electrons. The highest BCUT2D eigenvalue weighted by Gasteiger charge is 2.23. The van der Waals surface area contributed by atoms with Crippen molar-refractivity contribution in [2.24, 2.45) is 5.73 Å². The number of ether oxygens (including phenoxy) is 2. The van der Waals surface area contributed by atoms with E-state index in [2.05, 4.69) is 17.0 Å². The van der Waals surface area contributed by atoms with Gasteiger partial charge >= 0.3 is 5.97 Å². The second-order valence-electron chi connectivity index (χ2n) is 10.7. The Balaban J connectivity index is 1.51. The average molecular weight is 633 g/mol. The molecule has 0 saturated carbocycles. The fourth-order valence-corrected chi connectivity index (χ4v) is 5.69. The van der Waals surface area contributed by atoms with Gasteiger partial charge in [-0.3, -0.25) is 19.3 Å². The van der Waals surface area contributed by atoms with Crippen LogP contribution in [0.15, 0.2) is 48.5 Å². The number of carbonyl (C=O) groups is 3. The SMILES string of the molecule is CCOC(=O)C(N)CCSCC(=O)N(CCOC(C)C)c1ccc(C(=O)N2CCN(CCc3ccc(Cl)cc3)CC2)cc1. The Labute approximate surface area is 265 Å². The lowest BCUT2D eigenvalue weighted by atomic mass is 10.1. The van der Waals surface area contributed by atoms with E-state index >= 15 is 0 Å². The van der Waals surface area contributed by atoms with Crippen molar-refractivity contribution >= 4 is 46.8 Å². The highest BCUT2D eigenvalue weighted by Crippen LogP contribution is 2.20. The first-order valence-electron chi connectivity index (χ1n) is 15.0. The van der Waals surface area contributed by atoms with E-state index in [-0.39, 0.29) is 23.7 Å². The van der Waals surface area contributed by atoms with Crippen LogP contribution in [0.3, 0.4) is 0 Å². The summed E-state index contributed by atoms with van der Waals surface area (Å²) in [6.07, 6.45) is 1.43. The van der Waals surface area contributed by atoms with Crippen LogP contribution < -0.4 is 10.6 Å². The minimum Gasteiger partial charge on any atom is -0.465 e. The summed E-state index contributed by atoms with van der Waals surface area (Å²) < 4.78 is 10.7. The molecule has 1 atom stereocenters. The van der Waals surface area contributed by atoms with Gasteiger partial charge in [-0.25, -0.2) is 0 Å². The summed E-state index contributed by atoms with van der Waals surface area (Å²) in [5.41, 5.74) is 8.44. The Hall–Kier alpha value is -2.63. The van der Waals surface area contributed by atoms with Gasteiger partial charge in [-0.2, -0.15) is 11.8 Å².